The van der Waals surface area contributed by atoms with E-state index in [1.807, 2.05) is 81.4 Å². The van der Waals surface area contributed by atoms with Gasteiger partial charge in [0.1, 0.15) is 17.5 Å². The Morgan fingerprint density at radius 2 is 0.704 bits per heavy atom. The Hall–Kier alpha value is -6.42. The smallest absolute Gasteiger partial charge is 0.190 e. The molecule has 0 heterocycles. The van der Waals surface area contributed by atoms with Gasteiger partial charge in [-0.15, -0.1) is 0 Å². The molecular formula is C48H42F3N3. The molecule has 0 atom stereocenters. The van der Waals surface area contributed by atoms with Gasteiger partial charge in [-0.05, 0) is 158 Å². The van der Waals surface area contributed by atoms with Crippen molar-refractivity contribution in [2.75, 3.05) is 0 Å². The van der Waals surface area contributed by atoms with Crippen LogP contribution in [0, 0.1) is 88.2 Å². The lowest BCUT2D eigenvalue weighted by molar-refractivity contribution is 0.617. The summed E-state index contributed by atoms with van der Waals surface area (Å²) in [4.78, 5) is 3.47. The quantitative estimate of drug-likeness (QED) is 0.161. The first kappa shape index (κ1) is 40.4. The second-order valence-corrected chi connectivity index (χ2v) is 13.5. The third-order valence-corrected chi connectivity index (χ3v) is 9.10. The maximum absolute atomic E-state index is 13.2. The normalized spacial score (nSPS) is 10.1. The van der Waals surface area contributed by atoms with E-state index in [2.05, 4.69) is 29.1 Å². The number of aryl methyl sites for hydroxylation is 6. The molecule has 0 amide bonds. The highest BCUT2D eigenvalue weighted by molar-refractivity contribution is 5.53. The van der Waals surface area contributed by atoms with E-state index < -0.39 is 0 Å². The lowest BCUT2D eigenvalue weighted by Gasteiger charge is -2.06. The number of halogens is 3. The number of hydrogen-bond donors (Lipinski definition) is 0. The molecule has 6 heteroatoms. The highest BCUT2D eigenvalue weighted by Gasteiger charge is 2.06. The van der Waals surface area contributed by atoms with Crippen molar-refractivity contribution in [2.24, 2.45) is 0 Å². The van der Waals surface area contributed by atoms with E-state index in [9.17, 15) is 13.2 Å². The summed E-state index contributed by atoms with van der Waals surface area (Å²) in [6.45, 7) is 18.1. The van der Waals surface area contributed by atoms with Gasteiger partial charge in [0.25, 0.3) is 0 Å². The fourth-order valence-corrected chi connectivity index (χ4v) is 6.03. The van der Waals surface area contributed by atoms with Gasteiger partial charge in [0.05, 0.1) is 29.8 Å². The Labute approximate surface area is 317 Å². The van der Waals surface area contributed by atoms with Crippen LogP contribution in [-0.4, -0.2) is 0 Å². The van der Waals surface area contributed by atoms with Crippen LogP contribution in [0.3, 0.4) is 0 Å². The molecule has 6 rings (SSSR count). The lowest BCUT2D eigenvalue weighted by Crippen LogP contribution is -1.93. The van der Waals surface area contributed by atoms with Gasteiger partial charge in [-0.2, -0.15) is 10.5 Å². The van der Waals surface area contributed by atoms with Gasteiger partial charge >= 0.3 is 0 Å². The van der Waals surface area contributed by atoms with Crippen molar-refractivity contribution in [3.05, 3.63) is 216 Å². The van der Waals surface area contributed by atoms with E-state index in [-0.39, 0.29) is 17.5 Å². The molecule has 0 bridgehead atoms. The lowest BCUT2D eigenvalue weighted by atomic mass is 9.99. The fourth-order valence-electron chi connectivity index (χ4n) is 6.03. The van der Waals surface area contributed by atoms with Gasteiger partial charge in [0.15, 0.2) is 5.69 Å². The van der Waals surface area contributed by atoms with E-state index in [0.29, 0.717) is 34.4 Å². The van der Waals surface area contributed by atoms with Crippen molar-refractivity contribution in [3.8, 4) is 12.1 Å². The third kappa shape index (κ3) is 11.3. The summed E-state index contributed by atoms with van der Waals surface area (Å²) < 4.78 is 39.4. The SMILES string of the molecule is Cc1cc(Cc2ccc(C#N)c(C)c2)ccc1F.Cc1cc(Cc2ccc(F)c(C)c2)ccc1F.[C-]#[N+]c1ccc(Cc2ccc(C#N)c(C)c2)cc1C. The van der Waals surface area contributed by atoms with Gasteiger partial charge in [-0.1, -0.05) is 78.9 Å². The van der Waals surface area contributed by atoms with Gasteiger partial charge in [-0.3, -0.25) is 0 Å². The molecule has 0 saturated heterocycles. The maximum atomic E-state index is 13.2. The number of nitriles is 2. The summed E-state index contributed by atoms with van der Waals surface area (Å²) in [7, 11) is 0. The Morgan fingerprint density at radius 1 is 0.426 bits per heavy atom. The molecule has 0 aliphatic heterocycles. The summed E-state index contributed by atoms with van der Waals surface area (Å²) in [5, 5.41) is 17.8. The molecule has 270 valence electrons. The summed E-state index contributed by atoms with van der Waals surface area (Å²) in [5.41, 5.74) is 13.7. The molecule has 0 fully saturated rings. The average molecular weight is 718 g/mol. The minimum Gasteiger partial charge on any atom is -0.238 e. The van der Waals surface area contributed by atoms with Crippen LogP contribution in [-0.2, 0) is 19.3 Å². The van der Waals surface area contributed by atoms with Crippen molar-refractivity contribution in [1.82, 2.24) is 0 Å². The van der Waals surface area contributed by atoms with Crippen LogP contribution in [0.5, 0.6) is 0 Å². The van der Waals surface area contributed by atoms with Gasteiger partial charge < -0.3 is 0 Å². The Morgan fingerprint density at radius 3 is 0.963 bits per heavy atom. The molecule has 6 aromatic carbocycles. The van der Waals surface area contributed by atoms with Crippen LogP contribution in [0.15, 0.2) is 109 Å². The molecule has 6 aromatic rings. The number of nitrogens with zero attached hydrogens (tertiary/aromatic N) is 3. The molecule has 0 N–H and O–H groups in total. The minimum atomic E-state index is -0.191. The second kappa shape index (κ2) is 18.9. The standard InChI is InChI=1S/C17H14N2.C16H14FN.C15H14F2/c1-12-8-14(4-6-16(12)11-18)10-15-5-7-17(19-3)13(2)9-15;1-11-7-13(3-5-15(11)10-18)9-14-4-6-16(17)12(2)8-14;1-10-7-12(3-5-14(10)16)9-13-4-6-15(17)11(2)8-13/h4-9H,10H2,1-2H3;3-8H,9H2,1-2H3;3-8H,9H2,1-2H3. The van der Waals surface area contributed by atoms with Crippen LogP contribution in [0.2, 0.25) is 0 Å². The van der Waals surface area contributed by atoms with Crippen LogP contribution >= 0.6 is 0 Å². The molecule has 0 radical (unpaired) electrons. The van der Waals surface area contributed by atoms with Crippen molar-refractivity contribution in [1.29, 1.82) is 10.5 Å². The first-order chi connectivity index (χ1) is 25.8. The van der Waals surface area contributed by atoms with E-state index in [4.69, 9.17) is 17.1 Å². The summed E-state index contributed by atoms with van der Waals surface area (Å²) in [6, 6.07) is 37.3. The van der Waals surface area contributed by atoms with Gasteiger partial charge in [0.2, 0.25) is 0 Å². The predicted octanol–water partition coefficient (Wildman–Crippen LogP) is 12.4. The van der Waals surface area contributed by atoms with Crippen LogP contribution in [0.25, 0.3) is 4.85 Å². The van der Waals surface area contributed by atoms with Crippen LogP contribution < -0.4 is 0 Å². The number of hydrogen-bond acceptors (Lipinski definition) is 2. The highest BCUT2D eigenvalue weighted by Crippen LogP contribution is 2.22. The van der Waals surface area contributed by atoms with E-state index in [1.165, 1.54) is 29.3 Å². The third-order valence-electron chi connectivity index (χ3n) is 9.10. The molecule has 0 aliphatic carbocycles. The van der Waals surface area contributed by atoms with Crippen molar-refractivity contribution in [2.45, 2.75) is 60.8 Å². The van der Waals surface area contributed by atoms with Crippen LogP contribution in [0.1, 0.15) is 77.9 Å². The van der Waals surface area contributed by atoms with Gasteiger partial charge in [0, 0.05) is 0 Å². The first-order valence-electron chi connectivity index (χ1n) is 17.5. The monoisotopic (exact) mass is 717 g/mol. The molecular weight excluding hydrogens is 676 g/mol. The van der Waals surface area contributed by atoms with E-state index in [1.54, 1.807) is 39.0 Å². The minimum absolute atomic E-state index is 0.172. The fraction of sp³-hybridized carbons (Fsp3) is 0.188. The Kier molecular flexibility index (Phi) is 14.1. The molecule has 3 nitrogen and oxygen atoms in total. The van der Waals surface area contributed by atoms with E-state index in [0.717, 1.165) is 57.3 Å². The summed E-state index contributed by atoms with van der Waals surface area (Å²) >= 11 is 0. The number of benzene rings is 6. The first-order valence-corrected chi connectivity index (χ1v) is 17.5. The summed E-state index contributed by atoms with van der Waals surface area (Å²) in [6.07, 6.45) is 2.28. The predicted molar refractivity (Wildman–Crippen MR) is 211 cm³/mol. The highest BCUT2D eigenvalue weighted by atomic mass is 19.1. The molecule has 0 saturated carbocycles. The molecule has 54 heavy (non-hydrogen) atoms. The second-order valence-electron chi connectivity index (χ2n) is 13.5. The van der Waals surface area contributed by atoms with Crippen molar-refractivity contribution < 1.29 is 13.2 Å². The Balaban J connectivity index is 0.000000181. The van der Waals surface area contributed by atoms with Crippen molar-refractivity contribution in [3.63, 3.8) is 0 Å². The summed E-state index contributed by atoms with van der Waals surface area (Å²) in [5.74, 6) is -0.553. The average Bonchev–Trinajstić information content (AvgIpc) is 3.14. The zero-order valence-electron chi connectivity index (χ0n) is 31.5. The topological polar surface area (TPSA) is 51.9 Å². The largest absolute Gasteiger partial charge is 0.238 e. The van der Waals surface area contributed by atoms with Gasteiger partial charge in [-0.25, -0.2) is 18.0 Å². The molecule has 0 aliphatic rings. The van der Waals surface area contributed by atoms with Crippen molar-refractivity contribution >= 4 is 5.69 Å². The zero-order chi connectivity index (χ0) is 39.4. The zero-order valence-corrected chi connectivity index (χ0v) is 31.5. The maximum Gasteiger partial charge on any atom is 0.190 e. The number of rotatable bonds is 6. The molecule has 0 aromatic heterocycles. The van der Waals surface area contributed by atoms with E-state index >= 15 is 0 Å². The van der Waals surface area contributed by atoms with Crippen LogP contribution in [0.4, 0.5) is 18.9 Å². The molecule has 0 unspecified atom stereocenters. The molecule has 0 spiro atoms. The Bertz CT molecular complexity index is 2300.